The molecule has 1 N–H and O–H groups in total. The molecule has 3 aromatic rings. The third-order valence-electron chi connectivity index (χ3n) is 4.89. The molecule has 31 heavy (non-hydrogen) atoms. The lowest BCUT2D eigenvalue weighted by molar-refractivity contribution is -0.111. The Kier molecular flexibility index (Phi) is 5.79. The third kappa shape index (κ3) is 4.62. The topological polar surface area (TPSA) is 96.1 Å². The smallest absolute Gasteiger partial charge is 0.283 e. The molecule has 1 saturated heterocycles. The van der Waals surface area contributed by atoms with Crippen LogP contribution in [0.25, 0.3) is 11.7 Å². The number of hydrogen-bond acceptors (Lipinski definition) is 4. The number of pyridine rings is 1. The molecule has 1 aromatic carbocycles. The highest BCUT2D eigenvalue weighted by atomic mass is 35.5. The summed E-state index contributed by atoms with van der Waals surface area (Å²) >= 11 is 6.16. The Bertz CT molecular complexity index is 1300. The molecule has 1 aliphatic rings. The fourth-order valence-corrected chi connectivity index (χ4v) is 4.62. The van der Waals surface area contributed by atoms with Gasteiger partial charge in [0.1, 0.15) is 11.5 Å². The summed E-state index contributed by atoms with van der Waals surface area (Å²) in [6, 6.07) is 11.4. The van der Waals surface area contributed by atoms with E-state index in [1.165, 1.54) is 30.3 Å². The molecular formula is C21H20ClN5O3S. The van der Waals surface area contributed by atoms with Crippen LogP contribution in [-0.4, -0.2) is 48.0 Å². The van der Waals surface area contributed by atoms with Gasteiger partial charge >= 0.3 is 0 Å². The van der Waals surface area contributed by atoms with Gasteiger partial charge in [0, 0.05) is 38.0 Å². The number of rotatable bonds is 5. The van der Waals surface area contributed by atoms with Gasteiger partial charge in [-0.05, 0) is 48.9 Å². The Morgan fingerprint density at radius 1 is 1.23 bits per heavy atom. The van der Waals surface area contributed by atoms with Crippen molar-refractivity contribution in [1.82, 2.24) is 14.3 Å². The lowest BCUT2D eigenvalue weighted by atomic mass is 10.3. The highest BCUT2D eigenvalue weighted by Gasteiger charge is 2.20. The number of likely N-dealkylation sites (tertiary alicyclic amines) is 1. The van der Waals surface area contributed by atoms with E-state index in [1.54, 1.807) is 16.7 Å². The zero-order valence-corrected chi connectivity index (χ0v) is 18.3. The molecule has 0 spiro atoms. The molecular weight excluding hydrogens is 438 g/mol. The van der Waals surface area contributed by atoms with Gasteiger partial charge < -0.3 is 10.2 Å². The standard InChI is InChI=1S/C21H20ClN5O3S/c1-26-13-4-6-19(26)25-31(29,30)16-9-7-15(8-10-16)23-20(28)12-11-17-21(22)24-18-5-2-3-14-27(17)18/h2-3,5,7-12,14H,4,6,13H2,1H3,(H,23,28)/b12-11+,25-19-. The maximum absolute atomic E-state index is 12.5. The van der Waals surface area contributed by atoms with Gasteiger partial charge in [0.15, 0.2) is 5.15 Å². The van der Waals surface area contributed by atoms with Gasteiger partial charge in [0.25, 0.3) is 10.0 Å². The number of aromatic nitrogens is 2. The van der Waals surface area contributed by atoms with Crippen LogP contribution in [0.2, 0.25) is 5.15 Å². The number of nitrogens with zero attached hydrogens (tertiary/aromatic N) is 4. The molecule has 0 bridgehead atoms. The Labute approximate surface area is 184 Å². The number of carbonyl (C=O) groups excluding carboxylic acids is 1. The first-order valence-corrected chi connectivity index (χ1v) is 11.4. The van der Waals surface area contributed by atoms with Gasteiger partial charge in [-0.2, -0.15) is 8.42 Å². The van der Waals surface area contributed by atoms with E-state index in [1.807, 2.05) is 30.1 Å². The molecule has 4 rings (SSSR count). The summed E-state index contributed by atoms with van der Waals surface area (Å²) in [7, 11) is -1.97. The summed E-state index contributed by atoms with van der Waals surface area (Å²) in [6.45, 7) is 0.799. The van der Waals surface area contributed by atoms with Crippen molar-refractivity contribution in [3.63, 3.8) is 0 Å². The fourth-order valence-electron chi connectivity index (χ4n) is 3.29. The molecule has 2 aromatic heterocycles. The number of nitrogens with one attached hydrogen (secondary N) is 1. The lowest BCUT2D eigenvalue weighted by Gasteiger charge is -2.11. The molecule has 8 nitrogen and oxygen atoms in total. The number of halogens is 1. The van der Waals surface area contributed by atoms with E-state index >= 15 is 0 Å². The second-order valence-electron chi connectivity index (χ2n) is 7.07. The fraction of sp³-hybridized carbons (Fsp3) is 0.190. The first kappa shape index (κ1) is 21.1. The molecule has 0 unspecified atom stereocenters. The van der Waals surface area contributed by atoms with Crippen LogP contribution in [0, 0.1) is 0 Å². The van der Waals surface area contributed by atoms with Crippen molar-refractivity contribution in [3.05, 3.63) is 65.6 Å². The van der Waals surface area contributed by atoms with E-state index in [9.17, 15) is 13.2 Å². The second-order valence-corrected chi connectivity index (χ2v) is 9.03. The van der Waals surface area contributed by atoms with Gasteiger partial charge in [0.2, 0.25) is 5.91 Å². The van der Waals surface area contributed by atoms with Crippen molar-refractivity contribution in [1.29, 1.82) is 0 Å². The van der Waals surface area contributed by atoms with Crippen LogP contribution < -0.4 is 5.32 Å². The molecule has 0 saturated carbocycles. The summed E-state index contributed by atoms with van der Waals surface area (Å²) in [4.78, 5) is 18.4. The Balaban J connectivity index is 1.46. The van der Waals surface area contributed by atoms with Crippen molar-refractivity contribution in [2.45, 2.75) is 17.7 Å². The van der Waals surface area contributed by atoms with Gasteiger partial charge in [-0.3, -0.25) is 9.20 Å². The molecule has 1 fully saturated rings. The molecule has 10 heteroatoms. The lowest BCUT2D eigenvalue weighted by Crippen LogP contribution is -2.20. The maximum atomic E-state index is 12.5. The van der Waals surface area contributed by atoms with Crippen molar-refractivity contribution in [2.75, 3.05) is 18.9 Å². The Hall–Kier alpha value is -3.17. The molecule has 0 aliphatic carbocycles. The van der Waals surface area contributed by atoms with Crippen LogP contribution in [0.15, 0.2) is 64.0 Å². The van der Waals surface area contributed by atoms with E-state index in [2.05, 4.69) is 14.7 Å². The van der Waals surface area contributed by atoms with Gasteiger partial charge in [-0.15, -0.1) is 4.40 Å². The number of benzene rings is 1. The summed E-state index contributed by atoms with van der Waals surface area (Å²) in [5.74, 6) is 0.180. The summed E-state index contributed by atoms with van der Waals surface area (Å²) in [6.07, 6.45) is 6.26. The van der Waals surface area contributed by atoms with Crippen LogP contribution in [-0.2, 0) is 14.8 Å². The van der Waals surface area contributed by atoms with E-state index in [-0.39, 0.29) is 10.8 Å². The number of amidine groups is 1. The van der Waals surface area contributed by atoms with E-state index in [0.29, 0.717) is 34.4 Å². The number of hydrogen-bond donors (Lipinski definition) is 1. The van der Waals surface area contributed by atoms with Gasteiger partial charge in [-0.1, -0.05) is 17.7 Å². The van der Waals surface area contributed by atoms with Crippen molar-refractivity contribution in [2.24, 2.45) is 4.40 Å². The summed E-state index contributed by atoms with van der Waals surface area (Å²) < 4.78 is 30.7. The van der Waals surface area contributed by atoms with Crippen molar-refractivity contribution < 1.29 is 13.2 Å². The quantitative estimate of drug-likeness (QED) is 0.592. The van der Waals surface area contributed by atoms with Gasteiger partial charge in [0.05, 0.1) is 10.6 Å². The molecule has 0 radical (unpaired) electrons. The normalized spacial score (nSPS) is 15.9. The molecule has 0 atom stereocenters. The largest absolute Gasteiger partial charge is 0.362 e. The monoisotopic (exact) mass is 457 g/mol. The minimum absolute atomic E-state index is 0.0753. The first-order chi connectivity index (χ1) is 14.8. The molecule has 1 aliphatic heterocycles. The van der Waals surface area contributed by atoms with Gasteiger partial charge in [-0.25, -0.2) is 4.98 Å². The molecule has 1 amide bonds. The maximum Gasteiger partial charge on any atom is 0.283 e. The van der Waals surface area contributed by atoms with Crippen LogP contribution in [0.1, 0.15) is 18.5 Å². The number of imidazole rings is 1. The number of carbonyl (C=O) groups is 1. The SMILES string of the molecule is CN1CCC/C1=N/S(=O)(=O)c1ccc(NC(=O)/C=C/c2c(Cl)nc3ccccn23)cc1. The minimum atomic E-state index is -3.79. The zero-order valence-electron chi connectivity index (χ0n) is 16.7. The van der Waals surface area contributed by atoms with Crippen LogP contribution in [0.5, 0.6) is 0 Å². The average Bonchev–Trinajstić information content (AvgIpc) is 3.28. The zero-order chi connectivity index (χ0) is 22.0. The average molecular weight is 458 g/mol. The highest BCUT2D eigenvalue weighted by molar-refractivity contribution is 7.90. The van der Waals surface area contributed by atoms with E-state index in [4.69, 9.17) is 11.6 Å². The second kappa shape index (κ2) is 8.52. The van der Waals surface area contributed by atoms with Crippen LogP contribution in [0.3, 0.4) is 0 Å². The van der Waals surface area contributed by atoms with Crippen molar-refractivity contribution in [3.8, 4) is 0 Å². The Morgan fingerprint density at radius 3 is 2.71 bits per heavy atom. The van der Waals surface area contributed by atoms with E-state index in [0.717, 1.165) is 13.0 Å². The summed E-state index contributed by atoms with van der Waals surface area (Å²) in [5, 5.41) is 2.98. The van der Waals surface area contributed by atoms with Crippen LogP contribution in [0.4, 0.5) is 5.69 Å². The summed E-state index contributed by atoms with van der Waals surface area (Å²) in [5.41, 5.74) is 1.73. The highest BCUT2D eigenvalue weighted by Crippen LogP contribution is 2.20. The van der Waals surface area contributed by atoms with Crippen LogP contribution >= 0.6 is 11.6 Å². The number of fused-ring (bicyclic) bond motifs is 1. The third-order valence-corrected chi connectivity index (χ3v) is 6.49. The number of amides is 1. The van der Waals surface area contributed by atoms with E-state index < -0.39 is 10.0 Å². The van der Waals surface area contributed by atoms with Crippen molar-refractivity contribution >= 4 is 50.8 Å². The molecule has 3 heterocycles. The minimum Gasteiger partial charge on any atom is -0.362 e. The number of anilines is 1. The first-order valence-electron chi connectivity index (χ1n) is 9.60. The number of sulfonamides is 1. The Morgan fingerprint density at radius 2 is 2.00 bits per heavy atom. The molecule has 160 valence electrons. The predicted octanol–water partition coefficient (Wildman–Crippen LogP) is 3.45. The predicted molar refractivity (Wildman–Crippen MR) is 121 cm³/mol.